The lowest BCUT2D eigenvalue weighted by molar-refractivity contribution is -0.129. The summed E-state index contributed by atoms with van der Waals surface area (Å²) in [7, 11) is 3.55. The molecule has 1 N–H and O–H groups in total. The van der Waals surface area contributed by atoms with Gasteiger partial charge in [0, 0.05) is 38.6 Å². The molecule has 1 aliphatic rings. The van der Waals surface area contributed by atoms with Crippen molar-refractivity contribution in [2.75, 3.05) is 33.9 Å². The van der Waals surface area contributed by atoms with Crippen LogP contribution in [-0.4, -0.2) is 64.2 Å². The first-order valence-corrected chi connectivity index (χ1v) is 11.7. The van der Waals surface area contributed by atoms with Crippen LogP contribution in [0.2, 0.25) is 0 Å². The monoisotopic (exact) mass is 464 g/mol. The zero-order valence-electron chi connectivity index (χ0n) is 20.0. The van der Waals surface area contributed by atoms with Gasteiger partial charge in [-0.25, -0.2) is 15.0 Å². The zero-order valence-corrected chi connectivity index (χ0v) is 20.0. The van der Waals surface area contributed by atoms with E-state index in [0.29, 0.717) is 25.6 Å². The zero-order chi connectivity index (χ0) is 23.9. The molecule has 0 saturated carbocycles. The Balaban J connectivity index is 1.37. The number of nitrogens with zero attached hydrogens (tertiary/aromatic N) is 5. The van der Waals surface area contributed by atoms with Gasteiger partial charge < -0.3 is 19.7 Å². The first kappa shape index (κ1) is 23.7. The number of unbranched alkanes of at least 4 members (excludes halogenated alkanes) is 1. The van der Waals surface area contributed by atoms with E-state index >= 15 is 0 Å². The highest BCUT2D eigenvalue weighted by atomic mass is 16.6. The molecule has 9 nitrogen and oxygen atoms in total. The molecule has 0 bridgehead atoms. The van der Waals surface area contributed by atoms with Gasteiger partial charge in [0.25, 0.3) is 0 Å². The van der Waals surface area contributed by atoms with Gasteiger partial charge in [-0.1, -0.05) is 6.07 Å². The van der Waals surface area contributed by atoms with Crippen LogP contribution in [0.3, 0.4) is 0 Å². The number of imidazole rings is 1. The fourth-order valence-electron chi connectivity index (χ4n) is 3.86. The number of carbonyl (C=O) groups is 1. The highest BCUT2D eigenvalue weighted by molar-refractivity contribution is 5.76. The summed E-state index contributed by atoms with van der Waals surface area (Å²) >= 11 is 0. The normalized spacial score (nSPS) is 13.5. The van der Waals surface area contributed by atoms with E-state index in [1.54, 1.807) is 36.1 Å². The summed E-state index contributed by atoms with van der Waals surface area (Å²) in [5.41, 5.74) is 2.88. The fourth-order valence-corrected chi connectivity index (χ4v) is 3.86. The number of aromatic nitrogens is 4. The second-order valence-electron chi connectivity index (χ2n) is 8.64. The Hall–Kier alpha value is -3.46. The van der Waals surface area contributed by atoms with Crippen molar-refractivity contribution in [3.63, 3.8) is 0 Å². The largest absolute Gasteiger partial charge is 0.486 e. The van der Waals surface area contributed by atoms with Crippen LogP contribution in [0, 0.1) is 6.92 Å². The minimum atomic E-state index is -0.201. The number of hydrogen-bond acceptors (Lipinski definition) is 7. The van der Waals surface area contributed by atoms with Crippen LogP contribution in [0.25, 0.3) is 5.95 Å². The van der Waals surface area contributed by atoms with Crippen molar-refractivity contribution in [1.82, 2.24) is 29.7 Å². The second kappa shape index (κ2) is 11.1. The summed E-state index contributed by atoms with van der Waals surface area (Å²) in [4.78, 5) is 27.5. The topological polar surface area (TPSA) is 94.4 Å². The first-order chi connectivity index (χ1) is 16.5. The molecule has 1 aliphatic heterocycles. The second-order valence-corrected chi connectivity index (χ2v) is 8.64. The Morgan fingerprint density at radius 1 is 1.15 bits per heavy atom. The molecule has 2 aromatic heterocycles. The lowest BCUT2D eigenvalue weighted by Gasteiger charge is -2.21. The number of rotatable bonds is 10. The van der Waals surface area contributed by atoms with Gasteiger partial charge in [0.1, 0.15) is 19.5 Å². The minimum absolute atomic E-state index is 0.0502. The van der Waals surface area contributed by atoms with E-state index in [1.165, 1.54) is 5.56 Å². The summed E-state index contributed by atoms with van der Waals surface area (Å²) < 4.78 is 13.1. The van der Waals surface area contributed by atoms with E-state index in [9.17, 15) is 4.79 Å². The van der Waals surface area contributed by atoms with Crippen molar-refractivity contribution in [2.24, 2.45) is 0 Å². The van der Waals surface area contributed by atoms with Gasteiger partial charge in [0.15, 0.2) is 11.5 Å². The number of benzene rings is 1. The Labute approximate surface area is 200 Å². The molecule has 9 heteroatoms. The van der Waals surface area contributed by atoms with Crippen molar-refractivity contribution in [2.45, 2.75) is 38.6 Å². The molecule has 180 valence electrons. The van der Waals surface area contributed by atoms with Crippen LogP contribution in [0.5, 0.6) is 11.5 Å². The first-order valence-electron chi connectivity index (χ1n) is 11.7. The van der Waals surface area contributed by atoms with Gasteiger partial charge in [0.05, 0.1) is 11.7 Å². The number of aryl methyl sites for hydroxylation is 2. The predicted molar refractivity (Wildman–Crippen MR) is 128 cm³/mol. The van der Waals surface area contributed by atoms with E-state index in [4.69, 9.17) is 14.5 Å². The molecule has 34 heavy (non-hydrogen) atoms. The van der Waals surface area contributed by atoms with Gasteiger partial charge >= 0.3 is 0 Å². The molecule has 1 amide bonds. The van der Waals surface area contributed by atoms with Crippen molar-refractivity contribution in [1.29, 1.82) is 0 Å². The molecule has 4 rings (SSSR count). The SMILES string of the molecule is Cc1cc(C(CC(=O)N(C)C)NCCCCc2ccc3c(c2)OCCO3)nc(-n2ccnc2)n1. The van der Waals surface area contributed by atoms with Gasteiger partial charge in [-0.05, 0) is 56.5 Å². The summed E-state index contributed by atoms with van der Waals surface area (Å²) in [6.07, 6.45) is 8.45. The highest BCUT2D eigenvalue weighted by Gasteiger charge is 2.20. The van der Waals surface area contributed by atoms with Crippen LogP contribution in [0.1, 0.15) is 42.3 Å². The molecule has 0 fully saturated rings. The Kier molecular flexibility index (Phi) is 7.74. The average Bonchev–Trinajstić information content (AvgIpc) is 3.37. The Morgan fingerprint density at radius 2 is 1.97 bits per heavy atom. The number of nitrogens with one attached hydrogen (secondary N) is 1. The summed E-state index contributed by atoms with van der Waals surface area (Å²) in [6.45, 7) is 3.91. The molecule has 3 heterocycles. The number of amides is 1. The Morgan fingerprint density at radius 3 is 2.74 bits per heavy atom. The number of fused-ring (bicyclic) bond motifs is 1. The van der Waals surface area contributed by atoms with E-state index in [0.717, 1.165) is 48.7 Å². The smallest absolute Gasteiger partial charge is 0.235 e. The lowest BCUT2D eigenvalue weighted by atomic mass is 10.1. The van der Waals surface area contributed by atoms with Gasteiger partial charge in [-0.15, -0.1) is 0 Å². The maximum atomic E-state index is 12.5. The van der Waals surface area contributed by atoms with Crippen LogP contribution in [0.4, 0.5) is 0 Å². The Bertz CT molecular complexity index is 1100. The number of carbonyl (C=O) groups excluding carboxylic acids is 1. The van der Waals surface area contributed by atoms with E-state index < -0.39 is 0 Å². The lowest BCUT2D eigenvalue weighted by Crippen LogP contribution is -2.31. The number of ether oxygens (including phenoxy) is 2. The predicted octanol–water partition coefficient (Wildman–Crippen LogP) is 2.87. The molecule has 1 unspecified atom stereocenters. The molecule has 0 saturated heterocycles. The highest BCUT2D eigenvalue weighted by Crippen LogP contribution is 2.31. The van der Waals surface area contributed by atoms with Crippen molar-refractivity contribution >= 4 is 5.91 Å². The van der Waals surface area contributed by atoms with E-state index in [1.807, 2.05) is 25.3 Å². The van der Waals surface area contributed by atoms with Gasteiger partial charge in [-0.2, -0.15) is 0 Å². The summed E-state index contributed by atoms with van der Waals surface area (Å²) in [5.74, 6) is 2.25. The van der Waals surface area contributed by atoms with Crippen LogP contribution in [0.15, 0.2) is 43.0 Å². The third-order valence-electron chi connectivity index (χ3n) is 5.72. The summed E-state index contributed by atoms with van der Waals surface area (Å²) in [6, 6.07) is 7.90. The van der Waals surface area contributed by atoms with Crippen LogP contribution >= 0.6 is 0 Å². The number of hydrogen-bond donors (Lipinski definition) is 1. The van der Waals surface area contributed by atoms with Crippen molar-refractivity contribution in [3.05, 3.63) is 59.9 Å². The molecule has 0 aliphatic carbocycles. The van der Waals surface area contributed by atoms with Gasteiger partial charge in [0.2, 0.25) is 11.9 Å². The summed E-state index contributed by atoms with van der Waals surface area (Å²) in [5, 5.41) is 3.55. The van der Waals surface area contributed by atoms with Crippen LogP contribution < -0.4 is 14.8 Å². The quantitative estimate of drug-likeness (QED) is 0.461. The standard InChI is InChI=1S/C25H32N6O3/c1-18-14-21(29-25(28-18)31-11-10-26-17-31)20(16-24(32)30(2)3)27-9-5-4-6-19-7-8-22-23(15-19)34-13-12-33-22/h7-8,10-11,14-15,17,20,27H,4-6,9,12-13,16H2,1-3H3. The van der Waals surface area contributed by atoms with Crippen molar-refractivity contribution in [3.8, 4) is 17.4 Å². The molecule has 3 aromatic rings. The maximum absolute atomic E-state index is 12.5. The average molecular weight is 465 g/mol. The maximum Gasteiger partial charge on any atom is 0.235 e. The van der Waals surface area contributed by atoms with E-state index in [-0.39, 0.29) is 11.9 Å². The fraction of sp³-hybridized carbons (Fsp3) is 0.440. The molecule has 0 spiro atoms. The van der Waals surface area contributed by atoms with E-state index in [2.05, 4.69) is 27.4 Å². The van der Waals surface area contributed by atoms with Crippen molar-refractivity contribution < 1.29 is 14.3 Å². The third kappa shape index (κ3) is 6.11. The molecule has 0 radical (unpaired) electrons. The molecule has 1 atom stereocenters. The van der Waals surface area contributed by atoms with Gasteiger partial charge in [-0.3, -0.25) is 9.36 Å². The molecular weight excluding hydrogens is 432 g/mol. The van der Waals surface area contributed by atoms with Crippen LogP contribution in [-0.2, 0) is 11.2 Å². The molecular formula is C25H32N6O3. The molecule has 1 aromatic carbocycles. The minimum Gasteiger partial charge on any atom is -0.486 e. The third-order valence-corrected chi connectivity index (χ3v) is 5.72.